The van der Waals surface area contributed by atoms with Gasteiger partial charge in [-0.05, 0) is 48.5 Å². The van der Waals surface area contributed by atoms with Gasteiger partial charge in [0.1, 0.15) is 60.3 Å². The molecule has 3 heterocycles. The Bertz CT molecular complexity index is 1780. The third-order valence-electron chi connectivity index (χ3n) is 8.39. The molecule has 1 aromatic heterocycles. The van der Waals surface area contributed by atoms with Crippen molar-refractivity contribution in [2.45, 2.75) is 61.4 Å². The van der Waals surface area contributed by atoms with Crippen molar-refractivity contribution in [3.05, 3.63) is 78.4 Å². The second-order valence-electron chi connectivity index (χ2n) is 11.6. The lowest BCUT2D eigenvalue weighted by atomic mass is 9.99. The zero-order valence-electron chi connectivity index (χ0n) is 26.0. The van der Waals surface area contributed by atoms with E-state index < -0.39 is 80.6 Å². The number of phenolic OH excluding ortho intramolecular Hbond substituents is 1. The zero-order valence-corrected chi connectivity index (χ0v) is 26.0. The normalized spacial score (nSPS) is 29.8. The number of aromatic hydroxyl groups is 1. The van der Waals surface area contributed by atoms with E-state index in [4.69, 9.17) is 18.9 Å². The van der Waals surface area contributed by atoms with E-state index in [-0.39, 0.29) is 28.7 Å². The Balaban J connectivity index is 1.31. The molecule has 0 spiro atoms. The topological polar surface area (TPSA) is 267 Å². The van der Waals surface area contributed by atoms with Crippen LogP contribution in [-0.2, 0) is 14.2 Å². The Morgan fingerprint density at radius 2 is 1.26 bits per heavy atom. The molecule has 0 amide bonds. The van der Waals surface area contributed by atoms with E-state index in [0.717, 1.165) is 0 Å². The molecule has 3 aromatic carbocycles. The predicted octanol–water partition coefficient (Wildman–Crippen LogP) is -1.56. The molecule has 2 aliphatic heterocycles. The number of benzene rings is 3. The Morgan fingerprint density at radius 3 is 1.88 bits per heavy atom. The summed E-state index contributed by atoms with van der Waals surface area (Å²) in [6, 6.07) is 18.6. The standard InChI is InChI=1S/C33H35N3O14/c37-13-21-23(40)25(42)27(44)32(48-21)47-20-8-4-2-6-18(20)29-34-30(17-5-1-3-7-19(17)39)36(35-29)16-11-9-15(10-12-16)31(46)50-33-28(45)26(43)24(41)22(14-38)49-33/h1-12,21-28,32-33,37-45H,13-14H2/t21-,22-,23+,24+,25+,26+,27-,28-,32-,33+/m1/s1. The van der Waals surface area contributed by atoms with Crippen LogP contribution < -0.4 is 4.74 Å². The summed E-state index contributed by atoms with van der Waals surface area (Å²) in [5.74, 6) is -0.672. The molecule has 266 valence electrons. The van der Waals surface area contributed by atoms with Crippen LogP contribution in [0.3, 0.4) is 0 Å². The number of carbonyl (C=O) groups is 1. The van der Waals surface area contributed by atoms with E-state index in [1.165, 1.54) is 41.1 Å². The number of hydrogen-bond acceptors (Lipinski definition) is 16. The first-order chi connectivity index (χ1) is 24.0. The van der Waals surface area contributed by atoms with Gasteiger partial charge in [-0.1, -0.05) is 24.3 Å². The van der Waals surface area contributed by atoms with Gasteiger partial charge in [0.15, 0.2) is 11.6 Å². The smallest absolute Gasteiger partial charge is 0.340 e. The fourth-order valence-electron chi connectivity index (χ4n) is 5.56. The average Bonchev–Trinajstić information content (AvgIpc) is 3.57. The van der Waals surface area contributed by atoms with E-state index in [0.29, 0.717) is 16.8 Å². The van der Waals surface area contributed by atoms with Gasteiger partial charge in [0.05, 0.1) is 35.6 Å². The molecule has 2 aliphatic rings. The van der Waals surface area contributed by atoms with E-state index in [1.54, 1.807) is 36.4 Å². The maximum atomic E-state index is 12.9. The van der Waals surface area contributed by atoms with Crippen LogP contribution in [-0.4, -0.2) is 141 Å². The lowest BCUT2D eigenvalue weighted by Gasteiger charge is -2.39. The minimum absolute atomic E-state index is 0.00781. The van der Waals surface area contributed by atoms with Crippen LogP contribution in [0.5, 0.6) is 11.5 Å². The predicted molar refractivity (Wildman–Crippen MR) is 167 cm³/mol. The first-order valence-corrected chi connectivity index (χ1v) is 15.5. The SMILES string of the molecule is O=C(O[C@@H]1O[C@H](CO)[C@H](O)[C@H](O)[C@H]1O)c1ccc(-n2nc(-c3ccccc3O[C@@H]3O[C@H](CO)[C@H](O)[C@H](O)[C@H]3O)nc2-c2ccccc2O)cc1. The molecule has 0 unspecified atom stereocenters. The number of aromatic nitrogens is 3. The first kappa shape index (κ1) is 35.3. The Morgan fingerprint density at radius 1 is 0.700 bits per heavy atom. The minimum atomic E-state index is -1.78. The summed E-state index contributed by atoms with van der Waals surface area (Å²) in [6.07, 6.45) is -15.7. The quantitative estimate of drug-likeness (QED) is 0.0896. The minimum Gasteiger partial charge on any atom is -0.507 e. The summed E-state index contributed by atoms with van der Waals surface area (Å²) in [4.78, 5) is 17.6. The van der Waals surface area contributed by atoms with Gasteiger partial charge in [-0.25, -0.2) is 14.5 Å². The summed E-state index contributed by atoms with van der Waals surface area (Å²) in [5.41, 5.74) is 0.983. The van der Waals surface area contributed by atoms with Crippen LogP contribution in [0, 0.1) is 0 Å². The second kappa shape index (κ2) is 14.8. The number of rotatable bonds is 9. The second-order valence-corrected chi connectivity index (χ2v) is 11.6. The van der Waals surface area contributed by atoms with Crippen molar-refractivity contribution in [3.8, 4) is 40.0 Å². The van der Waals surface area contributed by atoms with Crippen molar-refractivity contribution >= 4 is 5.97 Å². The molecular weight excluding hydrogens is 662 g/mol. The molecule has 0 radical (unpaired) electrons. The van der Waals surface area contributed by atoms with Crippen LogP contribution in [0.25, 0.3) is 28.5 Å². The number of aliphatic hydroxyl groups is 8. The van der Waals surface area contributed by atoms with Crippen LogP contribution in [0.4, 0.5) is 0 Å². The molecule has 0 aliphatic carbocycles. The number of hydrogen-bond donors (Lipinski definition) is 9. The van der Waals surface area contributed by atoms with Crippen molar-refractivity contribution in [1.82, 2.24) is 14.8 Å². The van der Waals surface area contributed by atoms with Crippen molar-refractivity contribution in [2.75, 3.05) is 13.2 Å². The molecular formula is C33H35N3O14. The third-order valence-corrected chi connectivity index (χ3v) is 8.39. The maximum Gasteiger partial charge on any atom is 0.340 e. The highest BCUT2D eigenvalue weighted by Crippen LogP contribution is 2.35. The highest BCUT2D eigenvalue weighted by Gasteiger charge is 2.46. The molecule has 6 rings (SSSR count). The number of nitrogens with zero attached hydrogens (tertiary/aromatic N) is 3. The molecule has 17 heteroatoms. The van der Waals surface area contributed by atoms with Crippen molar-refractivity contribution in [2.24, 2.45) is 0 Å². The summed E-state index contributed by atoms with van der Waals surface area (Å²) in [5, 5.41) is 95.5. The van der Waals surface area contributed by atoms with Crippen molar-refractivity contribution < 1.29 is 69.7 Å². The fraction of sp³-hybridized carbons (Fsp3) is 0.364. The van der Waals surface area contributed by atoms with Gasteiger partial charge in [-0.3, -0.25) is 0 Å². The number of carbonyl (C=O) groups excluding carboxylic acids is 1. The van der Waals surface area contributed by atoms with Crippen LogP contribution >= 0.6 is 0 Å². The summed E-state index contributed by atoms with van der Waals surface area (Å²) in [6.45, 7) is -1.34. The summed E-state index contributed by atoms with van der Waals surface area (Å²) < 4.78 is 23.3. The van der Waals surface area contributed by atoms with Gasteiger partial charge in [-0.2, -0.15) is 0 Å². The van der Waals surface area contributed by atoms with Crippen LogP contribution in [0.1, 0.15) is 10.4 Å². The van der Waals surface area contributed by atoms with E-state index in [2.05, 4.69) is 10.1 Å². The average molecular weight is 698 g/mol. The van der Waals surface area contributed by atoms with Gasteiger partial charge in [0, 0.05) is 0 Å². The molecule has 2 saturated heterocycles. The molecule has 10 atom stereocenters. The number of aliphatic hydroxyl groups excluding tert-OH is 8. The van der Waals surface area contributed by atoms with E-state index >= 15 is 0 Å². The van der Waals surface area contributed by atoms with Crippen molar-refractivity contribution in [1.29, 1.82) is 0 Å². The van der Waals surface area contributed by atoms with Crippen LogP contribution in [0.2, 0.25) is 0 Å². The van der Waals surface area contributed by atoms with E-state index in [9.17, 15) is 50.8 Å². The van der Waals surface area contributed by atoms with Gasteiger partial charge in [-0.15, -0.1) is 5.10 Å². The monoisotopic (exact) mass is 697 g/mol. The first-order valence-electron chi connectivity index (χ1n) is 15.5. The molecule has 4 aromatic rings. The maximum absolute atomic E-state index is 12.9. The molecule has 0 saturated carbocycles. The molecule has 2 fully saturated rings. The highest BCUT2D eigenvalue weighted by molar-refractivity contribution is 5.89. The van der Waals surface area contributed by atoms with Gasteiger partial charge in [0.25, 0.3) is 0 Å². The van der Waals surface area contributed by atoms with E-state index in [1.807, 2.05) is 0 Å². The highest BCUT2D eigenvalue weighted by atomic mass is 16.7. The van der Waals surface area contributed by atoms with Gasteiger partial charge >= 0.3 is 5.97 Å². The van der Waals surface area contributed by atoms with Crippen LogP contribution in [0.15, 0.2) is 72.8 Å². The molecule has 0 bridgehead atoms. The zero-order chi connectivity index (χ0) is 35.7. The lowest BCUT2D eigenvalue weighted by Crippen LogP contribution is -2.60. The molecule has 50 heavy (non-hydrogen) atoms. The number of phenols is 1. The Kier molecular flexibility index (Phi) is 10.4. The fourth-order valence-corrected chi connectivity index (χ4v) is 5.56. The number of ether oxygens (including phenoxy) is 4. The molecule has 9 N–H and O–H groups in total. The number of esters is 1. The Hall–Kier alpha value is -4.53. The molecule has 17 nitrogen and oxygen atoms in total. The lowest BCUT2D eigenvalue weighted by molar-refractivity contribution is -0.285. The van der Waals surface area contributed by atoms with Crippen molar-refractivity contribution in [3.63, 3.8) is 0 Å². The largest absolute Gasteiger partial charge is 0.507 e. The summed E-state index contributed by atoms with van der Waals surface area (Å²) in [7, 11) is 0. The Labute approximate surface area is 283 Å². The summed E-state index contributed by atoms with van der Waals surface area (Å²) >= 11 is 0. The number of para-hydroxylation sites is 2. The third kappa shape index (κ3) is 6.79. The van der Waals surface area contributed by atoms with Gasteiger partial charge < -0.3 is 64.9 Å². The van der Waals surface area contributed by atoms with Gasteiger partial charge in [0.2, 0.25) is 12.6 Å².